The Morgan fingerprint density at radius 1 is 1.03 bits per heavy atom. The topological polar surface area (TPSA) is 42.2 Å². The maximum Gasteiger partial charge on any atom is 0.250 e. The van der Waals surface area contributed by atoms with Crippen LogP contribution in [0, 0.1) is 11.8 Å². The summed E-state index contributed by atoms with van der Waals surface area (Å²) in [6.45, 7) is 0. The lowest BCUT2D eigenvalue weighted by atomic mass is 9.76. The van der Waals surface area contributed by atoms with Crippen LogP contribution in [-0.4, -0.2) is 35.2 Å². The largest absolute Gasteiger partial charge is 0.334 e. The molecule has 1 fully saturated rings. The van der Waals surface area contributed by atoms with Gasteiger partial charge in [-0.1, -0.05) is 70.8 Å². The zero-order valence-corrected chi connectivity index (χ0v) is 20.8. The molecule has 6 heteroatoms. The van der Waals surface area contributed by atoms with Crippen molar-refractivity contribution in [3.05, 3.63) is 76.1 Å². The van der Waals surface area contributed by atoms with Crippen LogP contribution >= 0.6 is 23.2 Å². The van der Waals surface area contributed by atoms with E-state index in [-0.39, 0.29) is 0 Å². The van der Waals surface area contributed by atoms with Gasteiger partial charge in [0.15, 0.2) is 0 Å². The van der Waals surface area contributed by atoms with Crippen molar-refractivity contribution < 1.29 is 4.52 Å². The highest BCUT2D eigenvalue weighted by molar-refractivity contribution is 6.43. The van der Waals surface area contributed by atoms with Gasteiger partial charge in [-0.05, 0) is 88.2 Å². The summed E-state index contributed by atoms with van der Waals surface area (Å²) in [7, 11) is 4.45. The van der Waals surface area contributed by atoms with Gasteiger partial charge in [0, 0.05) is 11.6 Å². The maximum atomic E-state index is 6.28. The molecule has 0 N–H and O–H groups in total. The van der Waals surface area contributed by atoms with Crippen molar-refractivity contribution in [2.45, 2.75) is 44.6 Å². The number of rotatable bonds is 8. The standard InChI is InChI=1S/C27H31Cl2N3O/c1-32(2)24(17-13-19-7-4-3-5-8-19)21-15-11-20(12-16-21)14-18-25-30-27(31-33-25)22-9-6-10-23(28)26(22)29/h3-10,14,18,20-21,24H,11-13,15-17H2,1-2H3. The third-order valence-corrected chi connectivity index (χ3v) is 7.56. The Bertz CT molecular complexity index is 1060. The molecule has 4 rings (SSSR count). The molecule has 3 aromatic rings. The highest BCUT2D eigenvalue weighted by atomic mass is 35.5. The molecule has 0 amide bonds. The predicted octanol–water partition coefficient (Wildman–Crippen LogP) is 7.43. The van der Waals surface area contributed by atoms with Crippen LogP contribution in [0.4, 0.5) is 0 Å². The van der Waals surface area contributed by atoms with Crippen molar-refractivity contribution in [1.29, 1.82) is 0 Å². The van der Waals surface area contributed by atoms with Crippen LogP contribution in [0.25, 0.3) is 17.5 Å². The number of nitrogens with zero attached hydrogens (tertiary/aromatic N) is 3. The van der Waals surface area contributed by atoms with Crippen LogP contribution in [0.3, 0.4) is 0 Å². The normalized spacial score (nSPS) is 19.9. The molecule has 1 heterocycles. The molecule has 1 aliphatic rings. The number of halogens is 2. The quantitative estimate of drug-likeness (QED) is 0.334. The summed E-state index contributed by atoms with van der Waals surface area (Å²) in [5, 5.41) is 4.99. The van der Waals surface area contributed by atoms with Crippen molar-refractivity contribution in [1.82, 2.24) is 15.0 Å². The molecule has 1 aromatic heterocycles. The van der Waals surface area contributed by atoms with Crippen molar-refractivity contribution >= 4 is 29.3 Å². The minimum Gasteiger partial charge on any atom is -0.334 e. The van der Waals surface area contributed by atoms with Crippen molar-refractivity contribution in [3.8, 4) is 11.4 Å². The fourth-order valence-corrected chi connectivity index (χ4v) is 5.29. The summed E-state index contributed by atoms with van der Waals surface area (Å²) in [6.07, 6.45) is 11.4. The van der Waals surface area contributed by atoms with Gasteiger partial charge in [-0.15, -0.1) is 0 Å². The SMILES string of the molecule is CN(C)C(CCc1ccccc1)C1CCC(C=Cc2nc(-c3cccc(Cl)c3Cl)no2)CC1. The number of hydrogen-bond donors (Lipinski definition) is 0. The van der Waals surface area contributed by atoms with Crippen LogP contribution in [-0.2, 0) is 6.42 Å². The highest BCUT2D eigenvalue weighted by Gasteiger charge is 2.28. The Morgan fingerprint density at radius 2 is 1.79 bits per heavy atom. The van der Waals surface area contributed by atoms with E-state index in [1.54, 1.807) is 6.07 Å². The van der Waals surface area contributed by atoms with E-state index in [1.807, 2.05) is 18.2 Å². The Hall–Kier alpha value is -2.14. The highest BCUT2D eigenvalue weighted by Crippen LogP contribution is 2.35. The molecule has 0 spiro atoms. The first kappa shape index (κ1) is 24.0. The summed E-state index contributed by atoms with van der Waals surface area (Å²) >= 11 is 12.4. The van der Waals surface area contributed by atoms with E-state index in [9.17, 15) is 0 Å². The van der Waals surface area contributed by atoms with Crippen LogP contribution < -0.4 is 0 Å². The van der Waals surface area contributed by atoms with E-state index in [0.717, 1.165) is 12.3 Å². The average Bonchev–Trinajstić information content (AvgIpc) is 3.30. The molecule has 1 unspecified atom stereocenters. The third kappa shape index (κ3) is 6.26. The second-order valence-electron chi connectivity index (χ2n) is 9.15. The minimum absolute atomic E-state index is 0.441. The van der Waals surface area contributed by atoms with Crippen molar-refractivity contribution in [2.75, 3.05) is 14.1 Å². The fraction of sp³-hybridized carbons (Fsp3) is 0.407. The Morgan fingerprint density at radius 3 is 2.52 bits per heavy atom. The van der Waals surface area contributed by atoms with Gasteiger partial charge in [-0.3, -0.25) is 0 Å². The van der Waals surface area contributed by atoms with Crippen LogP contribution in [0.5, 0.6) is 0 Å². The van der Waals surface area contributed by atoms with Crippen LogP contribution in [0.2, 0.25) is 10.0 Å². The number of aromatic nitrogens is 2. The summed E-state index contributed by atoms with van der Waals surface area (Å²) in [5.74, 6) is 2.24. The van der Waals surface area contributed by atoms with Gasteiger partial charge in [-0.2, -0.15) is 4.98 Å². The van der Waals surface area contributed by atoms with Crippen molar-refractivity contribution in [2.24, 2.45) is 11.8 Å². The molecular formula is C27H31Cl2N3O. The lowest BCUT2D eigenvalue weighted by molar-refractivity contribution is 0.150. The van der Waals surface area contributed by atoms with Gasteiger partial charge in [-0.25, -0.2) is 0 Å². The number of benzene rings is 2. The molecule has 33 heavy (non-hydrogen) atoms. The zero-order chi connectivity index (χ0) is 23.2. The number of allylic oxidation sites excluding steroid dienone is 1. The van der Waals surface area contributed by atoms with Gasteiger partial charge in [0.25, 0.3) is 5.89 Å². The van der Waals surface area contributed by atoms with Crippen LogP contribution in [0.1, 0.15) is 43.6 Å². The second-order valence-corrected chi connectivity index (χ2v) is 9.93. The first-order chi connectivity index (χ1) is 16.0. The lowest BCUT2D eigenvalue weighted by Crippen LogP contribution is -2.37. The van der Waals surface area contributed by atoms with Gasteiger partial charge >= 0.3 is 0 Å². The summed E-state index contributed by atoms with van der Waals surface area (Å²) in [6, 6.07) is 16.9. The smallest absolute Gasteiger partial charge is 0.250 e. The van der Waals surface area contributed by atoms with Gasteiger partial charge in [0.1, 0.15) is 0 Å². The third-order valence-electron chi connectivity index (χ3n) is 6.74. The van der Waals surface area contributed by atoms with E-state index in [4.69, 9.17) is 27.7 Å². The average molecular weight is 484 g/mol. The molecule has 174 valence electrons. The molecular weight excluding hydrogens is 453 g/mol. The summed E-state index contributed by atoms with van der Waals surface area (Å²) in [4.78, 5) is 6.89. The van der Waals surface area contributed by atoms with Crippen LogP contribution in [0.15, 0.2) is 59.1 Å². The number of aryl methyl sites for hydroxylation is 1. The zero-order valence-electron chi connectivity index (χ0n) is 19.3. The van der Waals surface area contributed by atoms with Gasteiger partial charge in [0.2, 0.25) is 5.82 Å². The lowest BCUT2D eigenvalue weighted by Gasteiger charge is -2.37. The van der Waals surface area contributed by atoms with Gasteiger partial charge < -0.3 is 9.42 Å². The summed E-state index contributed by atoms with van der Waals surface area (Å²) in [5.41, 5.74) is 2.11. The molecule has 0 aliphatic heterocycles. The van der Waals surface area contributed by atoms with E-state index < -0.39 is 0 Å². The van der Waals surface area contributed by atoms with E-state index in [0.29, 0.717) is 39.3 Å². The summed E-state index contributed by atoms with van der Waals surface area (Å²) < 4.78 is 5.41. The van der Waals surface area contributed by atoms with E-state index in [2.05, 4.69) is 65.5 Å². The monoisotopic (exact) mass is 483 g/mol. The first-order valence-corrected chi connectivity index (χ1v) is 12.4. The van der Waals surface area contributed by atoms with E-state index in [1.165, 1.54) is 37.7 Å². The molecule has 4 nitrogen and oxygen atoms in total. The molecule has 0 saturated heterocycles. The fourth-order valence-electron chi connectivity index (χ4n) is 4.90. The predicted molar refractivity (Wildman–Crippen MR) is 136 cm³/mol. The minimum atomic E-state index is 0.441. The van der Waals surface area contributed by atoms with Gasteiger partial charge in [0.05, 0.1) is 10.0 Å². The Kier molecular flexibility index (Phi) is 8.24. The maximum absolute atomic E-state index is 6.28. The number of hydrogen-bond acceptors (Lipinski definition) is 4. The molecule has 1 aliphatic carbocycles. The molecule has 0 bridgehead atoms. The molecule has 0 radical (unpaired) electrons. The van der Waals surface area contributed by atoms with E-state index >= 15 is 0 Å². The molecule has 2 aromatic carbocycles. The molecule has 1 atom stereocenters. The Labute approximate surface area is 206 Å². The second kappa shape index (κ2) is 11.3. The van der Waals surface area contributed by atoms with Crippen molar-refractivity contribution in [3.63, 3.8) is 0 Å². The first-order valence-electron chi connectivity index (χ1n) is 11.7. The Balaban J connectivity index is 1.31. The molecule has 1 saturated carbocycles.